The number of hydrogen-bond acceptors (Lipinski definition) is 18. The maximum absolute atomic E-state index is 13.6. The number of hydrogen-bond donors (Lipinski definition) is 0. The van der Waals surface area contributed by atoms with E-state index in [0.717, 1.165) is 154 Å². The lowest BCUT2D eigenvalue weighted by Crippen LogP contribution is -2.35. The molecule has 0 N–H and O–H groups in total. The van der Waals surface area contributed by atoms with Crippen LogP contribution in [0.2, 0.25) is 5.02 Å². The summed E-state index contributed by atoms with van der Waals surface area (Å²) in [5, 5.41) is 0.672. The molecular weight excluding hydrogens is 1800 g/mol. The smallest absolute Gasteiger partial charge is 0.414 e. The van der Waals surface area contributed by atoms with Crippen LogP contribution in [0.5, 0.6) is 0 Å². The first-order valence-corrected chi connectivity index (χ1v) is 47.5. The Morgan fingerprint density at radius 2 is 0.629 bits per heavy atom. The number of pyridine rings is 1. The third kappa shape index (κ3) is 30.6. The fraction of sp³-hybridized carbons (Fsp3) is 0.343. The van der Waals surface area contributed by atoms with Crippen molar-refractivity contribution >= 4 is 105 Å². The van der Waals surface area contributed by atoms with Crippen LogP contribution >= 0.6 is 11.6 Å². The van der Waals surface area contributed by atoms with Crippen molar-refractivity contribution in [2.24, 2.45) is 0 Å². The molecule has 8 fully saturated rings. The highest BCUT2D eigenvalue weighted by molar-refractivity contribution is 6.34. The van der Waals surface area contributed by atoms with Crippen molar-refractivity contribution in [3.63, 3.8) is 0 Å². The Morgan fingerprint density at radius 3 is 1.04 bits per heavy atom. The van der Waals surface area contributed by atoms with Crippen LogP contribution in [-0.2, 0) is 38.3 Å². The van der Waals surface area contributed by atoms with Crippen LogP contribution in [0.1, 0.15) is 171 Å². The molecule has 0 atom stereocenters. The molecule has 8 saturated heterocycles. The van der Waals surface area contributed by atoms with Gasteiger partial charge in [0.05, 0.1) is 89.1 Å². The molecule has 0 unspecified atom stereocenters. The van der Waals surface area contributed by atoms with Crippen molar-refractivity contribution in [3.8, 4) is 11.4 Å². The van der Waals surface area contributed by atoms with Gasteiger partial charge in [-0.3, -0.25) is 72.1 Å². The number of nitrogens with zero attached hydrogens (tertiary/aromatic N) is 17. The highest BCUT2D eigenvalue weighted by Crippen LogP contribution is 2.33. The Hall–Kier alpha value is -14.8. The minimum absolute atomic E-state index is 0.0315. The number of ether oxygens (including phenoxy) is 1. The van der Waals surface area contributed by atoms with Gasteiger partial charge in [0.15, 0.2) is 0 Å². The minimum Gasteiger partial charge on any atom is -0.447 e. The molecular formula is C108H121ClF3N17O11. The second kappa shape index (κ2) is 52.1. The van der Waals surface area contributed by atoms with Gasteiger partial charge in [0.2, 0.25) is 41.4 Å². The van der Waals surface area contributed by atoms with Gasteiger partial charge in [0.1, 0.15) is 35.7 Å². The summed E-state index contributed by atoms with van der Waals surface area (Å²) in [5.41, 5.74) is 16.4. The maximum atomic E-state index is 13.6. The van der Waals surface area contributed by atoms with E-state index in [-0.39, 0.29) is 76.0 Å². The van der Waals surface area contributed by atoms with Crippen LogP contribution in [0.4, 0.5) is 63.5 Å². The summed E-state index contributed by atoms with van der Waals surface area (Å²) in [6.07, 6.45) is 31.0. The Morgan fingerprint density at radius 1 is 0.279 bits per heavy atom. The number of piperidine rings is 3. The predicted molar refractivity (Wildman–Crippen MR) is 541 cm³/mol. The molecule has 8 aliphatic heterocycles. The fourth-order valence-electron chi connectivity index (χ4n) is 16.0. The van der Waals surface area contributed by atoms with Crippen LogP contribution in [0, 0.1) is 93.6 Å². The third-order valence-corrected chi connectivity index (χ3v) is 24.1. The number of benzene rings is 7. The van der Waals surface area contributed by atoms with Crippen LogP contribution in [0.15, 0.2) is 229 Å². The lowest BCUT2D eigenvalue weighted by atomic mass is 10.1. The number of aryl methyl sites for hydroxylation is 11. The number of anilines is 8. The molecule has 0 aliphatic carbocycles. The molecule has 140 heavy (non-hydrogen) atoms. The quantitative estimate of drug-likeness (QED) is 0.123. The number of rotatable bonds is 10. The second-order valence-corrected chi connectivity index (χ2v) is 35.2. The molecule has 732 valence electrons. The van der Waals surface area contributed by atoms with Crippen LogP contribution in [-0.4, -0.2) is 150 Å². The Bertz CT molecular complexity index is 5940. The van der Waals surface area contributed by atoms with Gasteiger partial charge in [-0.1, -0.05) is 89.0 Å². The summed E-state index contributed by atoms with van der Waals surface area (Å²) >= 11 is 6.13. The highest BCUT2D eigenvalue weighted by Gasteiger charge is 2.29. The van der Waals surface area contributed by atoms with Gasteiger partial charge >= 0.3 is 6.09 Å². The largest absolute Gasteiger partial charge is 0.447 e. The first-order chi connectivity index (χ1) is 67.3. The van der Waals surface area contributed by atoms with E-state index < -0.39 is 0 Å². The van der Waals surface area contributed by atoms with Gasteiger partial charge in [-0.25, -0.2) is 37.9 Å². The average Bonchev–Trinajstić information content (AvgIpc) is 0.951. The van der Waals surface area contributed by atoms with Gasteiger partial charge in [-0.15, -0.1) is 0 Å². The summed E-state index contributed by atoms with van der Waals surface area (Å²) in [6, 6.07) is 46.5. The summed E-state index contributed by atoms with van der Waals surface area (Å²) in [6.45, 7) is 27.7. The normalized spacial score (nSPS) is 15.3. The number of amides is 8. The SMILES string of the molecule is Cc1ccc(-n2ccncc2=O)cc1F.Cc1ccc(N2CCCC2=O)cc1.Cc1ccc(N2CCCC2=O)cc1F.Cc1ccc(N2CCCC2=O)cn1.Cc1ccc(N2CCCCC2=O)c(C)c1.Cc1ccc(N2CCCCC2=O)c(Cl)c1.Cc1ccc(N2CCCCC2=O)c(F)c1.Cc1ccc(N2CCOC2=O)cc1.Cc1ncc(-n2ccncc2=O)cn1.Cc1ncc(N2CCCC2=O)cn1. The van der Waals surface area contributed by atoms with E-state index in [4.69, 9.17) is 16.3 Å². The van der Waals surface area contributed by atoms with Gasteiger partial charge in [0.25, 0.3) is 11.1 Å². The predicted octanol–water partition coefficient (Wildman–Crippen LogP) is 19.4. The van der Waals surface area contributed by atoms with Gasteiger partial charge in [-0.2, -0.15) is 0 Å². The van der Waals surface area contributed by atoms with Crippen LogP contribution in [0.3, 0.4) is 0 Å². The first kappa shape index (κ1) is 106. The van der Waals surface area contributed by atoms with Crippen molar-refractivity contribution in [1.82, 2.24) is 44.0 Å². The summed E-state index contributed by atoms with van der Waals surface area (Å²) < 4.78 is 47.7. The van der Waals surface area contributed by atoms with Gasteiger partial charge in [0, 0.05) is 144 Å². The Balaban J connectivity index is 0.000000149. The second-order valence-electron chi connectivity index (χ2n) is 34.8. The van der Waals surface area contributed by atoms with E-state index in [9.17, 15) is 61.1 Å². The number of halogens is 4. The lowest BCUT2D eigenvalue weighted by molar-refractivity contribution is -0.120. The molecule has 20 rings (SSSR count). The highest BCUT2D eigenvalue weighted by atomic mass is 35.5. The van der Waals surface area contributed by atoms with E-state index in [1.807, 2.05) is 129 Å². The van der Waals surface area contributed by atoms with E-state index in [0.29, 0.717) is 116 Å². The number of cyclic esters (lactones) is 1. The third-order valence-electron chi connectivity index (χ3n) is 23.8. The number of aromatic nitrogens is 9. The van der Waals surface area contributed by atoms with E-state index in [2.05, 4.69) is 73.9 Å². The zero-order chi connectivity index (χ0) is 100. The number of carbonyl (C=O) groups excluding carboxylic acids is 8. The molecule has 0 saturated carbocycles. The fourth-order valence-corrected chi connectivity index (χ4v) is 16.3. The van der Waals surface area contributed by atoms with E-state index in [1.165, 1.54) is 74.4 Å². The van der Waals surface area contributed by atoms with Crippen molar-refractivity contribution < 1.29 is 56.3 Å². The zero-order valence-electron chi connectivity index (χ0n) is 81.3. The summed E-state index contributed by atoms with van der Waals surface area (Å²) in [7, 11) is 0. The molecule has 32 heteroatoms. The topological polar surface area (TPSA) is 306 Å². The molecule has 28 nitrogen and oxygen atoms in total. The molecule has 0 radical (unpaired) electrons. The van der Waals surface area contributed by atoms with Gasteiger partial charge < -0.3 is 39.0 Å². The van der Waals surface area contributed by atoms with Gasteiger partial charge in [-0.05, 0) is 259 Å². The molecule has 7 aromatic carbocycles. The molecule has 5 aromatic heterocycles. The van der Waals surface area contributed by atoms with E-state index in [1.54, 1.807) is 124 Å². The monoisotopic (exact) mass is 1920 g/mol. The minimum atomic E-state index is -0.323. The lowest BCUT2D eigenvalue weighted by Gasteiger charge is -2.28. The van der Waals surface area contributed by atoms with Crippen molar-refractivity contribution in [2.45, 2.75) is 185 Å². The van der Waals surface area contributed by atoms with Crippen LogP contribution in [0.25, 0.3) is 11.4 Å². The zero-order valence-corrected chi connectivity index (χ0v) is 82.0. The first-order valence-electron chi connectivity index (χ1n) is 47.2. The molecule has 8 aliphatic rings. The van der Waals surface area contributed by atoms with E-state index >= 15 is 0 Å². The molecule has 0 bridgehead atoms. The maximum Gasteiger partial charge on any atom is 0.414 e. The van der Waals surface area contributed by atoms with Crippen LogP contribution < -0.4 is 50.3 Å². The molecule has 0 spiro atoms. The molecule has 8 amide bonds. The molecule has 12 aromatic rings. The number of carbonyl (C=O) groups is 8. The van der Waals surface area contributed by atoms with Crippen molar-refractivity contribution in [1.29, 1.82) is 0 Å². The Kier molecular flexibility index (Phi) is 39.4. The Labute approximate surface area is 819 Å². The summed E-state index contributed by atoms with van der Waals surface area (Å²) in [4.78, 5) is 156. The standard InChI is InChI=1S/C13H17NO.C12H14ClNO.C12H14FNO.C11H9FN2O.C11H12FNO.C11H13NO.C10H12N2O.C10H11NO2.C9H8N4O.C9H11N3O/c1-10-6-7-12(11(2)9-10)14-8-4-3-5-13(14)15;2*1-9-5-6-11(10(13)8-9)14-7-3-2-4-12(14)15;1-8-2-3-9(6-10(8)12)14-5-4-13-7-11(14)15;1-8-4-5-9(7-10(8)12)13-6-2-3-11(13)14;1-9-4-6-10(7-5-9)12-8-2-3-11(12)13;1-8-4-5-9(7-11-8)12-6-2-3-10(12)13;1-8-2-4-9(5-3-8)11-6-7-13-10(11)12;1-7-11-4-8(5-12-7)13-3-2-10-6-9(13)14;1-7-10-5-8(6-11-7)12-4-2-3-9(12)13/h6-7,9H,3-5,8H2,1-2H3;2*5-6,8H,2-4,7H2,1H3;2-7H,1H3;4-5,7H,2-3,6H2,1H3;4-7H,2-3,8H2,1H3;4-5,7H,2-3,6H2,1H3;2-5H,6-7H2,1H3;2-6H,1H3;5-6H,2-4H2,1H3. The van der Waals surface area contributed by atoms with Crippen molar-refractivity contribution in [2.75, 3.05) is 98.2 Å². The average molecular weight is 1930 g/mol. The van der Waals surface area contributed by atoms with Crippen molar-refractivity contribution in [3.05, 3.63) is 325 Å². The summed E-state index contributed by atoms with van der Waals surface area (Å²) in [5.74, 6) is 1.76. The molecule has 13 heterocycles.